The second kappa shape index (κ2) is 3.56. The van der Waals surface area contributed by atoms with E-state index >= 15 is 0 Å². The van der Waals surface area contributed by atoms with Gasteiger partial charge in [0, 0.05) is 5.54 Å². The first-order chi connectivity index (χ1) is 7.31. The molecule has 16 heavy (non-hydrogen) atoms. The van der Waals surface area contributed by atoms with Crippen LogP contribution in [-0.2, 0) is 10.0 Å². The van der Waals surface area contributed by atoms with Crippen molar-refractivity contribution in [1.29, 1.82) is 0 Å². The van der Waals surface area contributed by atoms with Crippen LogP contribution in [0.25, 0.3) is 0 Å². The number of hydrogen-bond donors (Lipinski definition) is 2. The molecule has 1 aliphatic carbocycles. The highest BCUT2D eigenvalue weighted by atomic mass is 32.2. The molecule has 2 rings (SSSR count). The molecule has 1 heterocycles. The number of nitrogens with zero attached hydrogens (tertiary/aromatic N) is 1. The van der Waals surface area contributed by atoms with Gasteiger partial charge in [0.1, 0.15) is 5.82 Å². The van der Waals surface area contributed by atoms with Crippen LogP contribution < -0.4 is 4.72 Å². The predicted molar refractivity (Wildman–Crippen MR) is 60.4 cm³/mol. The second-order valence-corrected chi connectivity index (χ2v) is 6.59. The van der Waals surface area contributed by atoms with Gasteiger partial charge in [0.2, 0.25) is 0 Å². The minimum atomic E-state index is -3.47. The van der Waals surface area contributed by atoms with E-state index in [1.54, 1.807) is 6.92 Å². The molecule has 0 amide bonds. The number of rotatable bonds is 4. The lowest BCUT2D eigenvalue weighted by molar-refractivity contribution is 0.400. The molecule has 0 atom stereocenters. The summed E-state index contributed by atoms with van der Waals surface area (Å²) in [7, 11) is -3.47. The van der Waals surface area contributed by atoms with Crippen LogP contribution in [0.15, 0.2) is 11.2 Å². The monoisotopic (exact) mass is 243 g/mol. The van der Waals surface area contributed by atoms with Crippen LogP contribution in [0.2, 0.25) is 0 Å². The van der Waals surface area contributed by atoms with Crippen molar-refractivity contribution in [2.75, 3.05) is 0 Å². The fraction of sp³-hybridized carbons (Fsp3) is 0.700. The van der Waals surface area contributed by atoms with Crippen molar-refractivity contribution in [3.05, 3.63) is 12.0 Å². The van der Waals surface area contributed by atoms with E-state index in [-0.39, 0.29) is 10.6 Å². The van der Waals surface area contributed by atoms with Gasteiger partial charge in [0.15, 0.2) is 5.03 Å². The average molecular weight is 243 g/mol. The molecule has 6 heteroatoms. The van der Waals surface area contributed by atoms with Crippen molar-refractivity contribution >= 4 is 10.0 Å². The van der Waals surface area contributed by atoms with Crippen LogP contribution in [0.1, 0.15) is 32.5 Å². The van der Waals surface area contributed by atoms with Gasteiger partial charge in [-0.2, -0.15) is 0 Å². The standard InChI is InChI=1S/C10H17N3O2S/c1-7-11-6-9(12-7)16(14,15)13-10(2,3)8-4-5-8/h6,8,13H,4-5H2,1-3H3,(H,11,12). The Morgan fingerprint density at radius 2 is 2.12 bits per heavy atom. The lowest BCUT2D eigenvalue weighted by Crippen LogP contribution is -2.45. The summed E-state index contributed by atoms with van der Waals surface area (Å²) in [6.45, 7) is 5.57. The Morgan fingerprint density at radius 3 is 2.56 bits per heavy atom. The highest BCUT2D eigenvalue weighted by Gasteiger charge is 2.40. The lowest BCUT2D eigenvalue weighted by atomic mass is 10.0. The van der Waals surface area contributed by atoms with Crippen LogP contribution in [0.5, 0.6) is 0 Å². The van der Waals surface area contributed by atoms with Crippen molar-refractivity contribution in [2.24, 2.45) is 5.92 Å². The van der Waals surface area contributed by atoms with E-state index in [2.05, 4.69) is 14.7 Å². The topological polar surface area (TPSA) is 74.8 Å². The second-order valence-electron chi connectivity index (χ2n) is 4.93. The van der Waals surface area contributed by atoms with E-state index in [1.807, 2.05) is 13.8 Å². The van der Waals surface area contributed by atoms with Crippen molar-refractivity contribution in [3.63, 3.8) is 0 Å². The molecule has 1 aromatic heterocycles. The summed E-state index contributed by atoms with van der Waals surface area (Å²) in [5, 5.41) is 0.138. The number of sulfonamides is 1. The minimum absolute atomic E-state index is 0.138. The van der Waals surface area contributed by atoms with E-state index in [0.29, 0.717) is 11.7 Å². The SMILES string of the molecule is Cc1ncc(S(=O)(=O)NC(C)(C)C2CC2)[nH]1. The van der Waals surface area contributed by atoms with Gasteiger partial charge in [-0.15, -0.1) is 0 Å². The van der Waals surface area contributed by atoms with E-state index < -0.39 is 10.0 Å². The fourth-order valence-electron chi connectivity index (χ4n) is 1.82. The fourth-order valence-corrected chi connectivity index (χ4v) is 3.27. The maximum absolute atomic E-state index is 12.0. The number of nitrogens with one attached hydrogen (secondary N) is 2. The van der Waals surface area contributed by atoms with Crippen LogP contribution in [0, 0.1) is 12.8 Å². The largest absolute Gasteiger partial charge is 0.332 e. The summed E-state index contributed by atoms with van der Waals surface area (Å²) in [5.41, 5.74) is -0.377. The zero-order valence-corrected chi connectivity index (χ0v) is 10.6. The zero-order valence-electron chi connectivity index (χ0n) is 9.74. The summed E-state index contributed by atoms with van der Waals surface area (Å²) in [5.74, 6) is 1.05. The van der Waals surface area contributed by atoms with Crippen molar-refractivity contribution in [1.82, 2.24) is 14.7 Å². The van der Waals surface area contributed by atoms with Crippen LogP contribution in [0.4, 0.5) is 0 Å². The minimum Gasteiger partial charge on any atom is -0.332 e. The molecule has 2 N–H and O–H groups in total. The predicted octanol–water partition coefficient (Wildman–Crippen LogP) is 1.19. The first kappa shape index (κ1) is 11.6. The van der Waals surface area contributed by atoms with Gasteiger partial charge >= 0.3 is 0 Å². The number of aromatic amines is 1. The van der Waals surface area contributed by atoms with Gasteiger partial charge in [-0.1, -0.05) is 0 Å². The Bertz CT molecular complexity index is 486. The average Bonchev–Trinajstić information content (AvgIpc) is 2.88. The third kappa shape index (κ3) is 2.27. The van der Waals surface area contributed by atoms with E-state index in [0.717, 1.165) is 12.8 Å². The maximum atomic E-state index is 12.0. The van der Waals surface area contributed by atoms with E-state index in [1.165, 1.54) is 6.20 Å². The molecule has 1 fully saturated rings. The molecule has 0 unspecified atom stereocenters. The molecule has 90 valence electrons. The maximum Gasteiger partial charge on any atom is 0.258 e. The number of H-pyrrole nitrogens is 1. The highest BCUT2D eigenvalue weighted by molar-refractivity contribution is 7.89. The zero-order chi connectivity index (χ0) is 12.0. The summed E-state index contributed by atoms with van der Waals surface area (Å²) in [6, 6.07) is 0. The van der Waals surface area contributed by atoms with Crippen molar-refractivity contribution in [2.45, 2.75) is 44.2 Å². The van der Waals surface area contributed by atoms with Gasteiger partial charge in [0.05, 0.1) is 6.20 Å². The smallest absolute Gasteiger partial charge is 0.258 e. The number of hydrogen-bond acceptors (Lipinski definition) is 3. The van der Waals surface area contributed by atoms with Gasteiger partial charge in [0.25, 0.3) is 10.0 Å². The van der Waals surface area contributed by atoms with Crippen LogP contribution in [-0.4, -0.2) is 23.9 Å². The molecular formula is C10H17N3O2S. The Balaban J connectivity index is 2.20. The van der Waals surface area contributed by atoms with E-state index in [4.69, 9.17) is 0 Å². The van der Waals surface area contributed by atoms with Crippen molar-refractivity contribution < 1.29 is 8.42 Å². The molecule has 0 aromatic carbocycles. The third-order valence-electron chi connectivity index (χ3n) is 2.96. The molecule has 1 aromatic rings. The normalized spacial score (nSPS) is 17.7. The Kier molecular flexibility index (Phi) is 2.58. The molecule has 0 spiro atoms. The summed E-state index contributed by atoms with van der Waals surface area (Å²) in [4.78, 5) is 6.64. The molecule has 5 nitrogen and oxygen atoms in total. The first-order valence-corrected chi connectivity index (χ1v) is 6.85. The van der Waals surface area contributed by atoms with Gasteiger partial charge < -0.3 is 4.98 Å². The van der Waals surface area contributed by atoms with Gasteiger partial charge in [-0.3, -0.25) is 0 Å². The molecule has 0 aliphatic heterocycles. The first-order valence-electron chi connectivity index (χ1n) is 5.37. The summed E-state index contributed by atoms with van der Waals surface area (Å²) < 4.78 is 26.7. The Hall–Kier alpha value is -0.880. The lowest BCUT2D eigenvalue weighted by Gasteiger charge is -2.25. The molecular weight excluding hydrogens is 226 g/mol. The van der Waals surface area contributed by atoms with Crippen LogP contribution in [0.3, 0.4) is 0 Å². The summed E-state index contributed by atoms with van der Waals surface area (Å²) >= 11 is 0. The third-order valence-corrected chi connectivity index (χ3v) is 4.55. The van der Waals surface area contributed by atoms with Gasteiger partial charge in [-0.25, -0.2) is 18.1 Å². The highest BCUT2D eigenvalue weighted by Crippen LogP contribution is 2.39. The van der Waals surface area contributed by atoms with Gasteiger partial charge in [-0.05, 0) is 39.5 Å². The molecule has 0 bridgehead atoms. The Morgan fingerprint density at radius 1 is 1.50 bits per heavy atom. The Labute approximate surface area is 95.7 Å². The molecule has 0 saturated heterocycles. The molecule has 1 aliphatic rings. The number of aryl methyl sites for hydroxylation is 1. The molecule has 0 radical (unpaired) electrons. The molecule has 1 saturated carbocycles. The number of imidazole rings is 1. The quantitative estimate of drug-likeness (QED) is 0.834. The van der Waals surface area contributed by atoms with Crippen molar-refractivity contribution in [3.8, 4) is 0 Å². The van der Waals surface area contributed by atoms with Crippen LogP contribution >= 0.6 is 0 Å². The van der Waals surface area contributed by atoms with E-state index in [9.17, 15) is 8.42 Å². The summed E-state index contributed by atoms with van der Waals surface area (Å²) in [6.07, 6.45) is 3.54. The number of aromatic nitrogens is 2.